The molecule has 0 amide bonds. The second-order valence-corrected chi connectivity index (χ2v) is 27.2. The molecule has 5 heteroatoms. The molecule has 0 aromatic rings. The van der Waals surface area contributed by atoms with Crippen molar-refractivity contribution in [2.45, 2.75) is 476 Å². The zero-order chi connectivity index (χ0) is 59.8. The van der Waals surface area contributed by atoms with E-state index in [9.17, 15) is 14.7 Å². The molecule has 0 fully saturated rings. The molecule has 0 bridgehead atoms. The minimum absolute atomic E-state index is 0.0551. The Labute approximate surface area is 522 Å². The third-order valence-electron chi connectivity index (χ3n) is 18.7. The lowest BCUT2D eigenvalue weighted by atomic mass is 10.0. The van der Waals surface area contributed by atoms with Crippen LogP contribution in [0.5, 0.6) is 0 Å². The van der Waals surface area contributed by atoms with Crippen LogP contribution in [-0.4, -0.2) is 36.4 Å². The lowest BCUT2D eigenvalue weighted by Gasteiger charge is -2.15. The summed E-state index contributed by atoms with van der Waals surface area (Å²) >= 11 is 0. The Bertz CT molecular complexity index is 1190. The third-order valence-corrected chi connectivity index (χ3v) is 18.7. The van der Waals surface area contributed by atoms with Crippen LogP contribution in [0, 0.1) is 0 Å². The molecule has 0 aliphatic carbocycles. The van der Waals surface area contributed by atoms with Gasteiger partial charge in [0.05, 0.1) is 6.61 Å². The number of hydrogen-bond donors (Lipinski definition) is 1. The monoisotopic (exact) mass is 1170 g/mol. The van der Waals surface area contributed by atoms with Crippen LogP contribution in [0.2, 0.25) is 0 Å². The first-order valence-electron chi connectivity index (χ1n) is 39.1. The van der Waals surface area contributed by atoms with Crippen LogP contribution < -0.4 is 0 Å². The molecule has 1 unspecified atom stereocenters. The lowest BCUT2D eigenvalue weighted by molar-refractivity contribution is -0.161. The van der Waals surface area contributed by atoms with Crippen LogP contribution in [0.25, 0.3) is 0 Å². The molecule has 0 heterocycles. The average Bonchev–Trinajstić information content (AvgIpc) is 3.49. The SMILES string of the molecule is CCCCCCCCCCCCCCCCCCCCCCCCCCCCCCCCCCCCCC(=O)OC(CO)COC(=O)CCCCCCCCCCCCCCCCCCCCCCCCCCCCCCCCCCCC. The maximum absolute atomic E-state index is 12.4. The molecule has 0 spiro atoms. The second-order valence-electron chi connectivity index (χ2n) is 27.2. The summed E-state index contributed by atoms with van der Waals surface area (Å²) in [7, 11) is 0. The van der Waals surface area contributed by atoms with E-state index in [0.717, 1.165) is 32.1 Å². The molecule has 0 aliphatic rings. The van der Waals surface area contributed by atoms with Crippen LogP contribution >= 0.6 is 0 Å². The standard InChI is InChI=1S/C78H154O5/c1-3-5-7-9-11-13-15-17-19-21-23-25-27-29-31-33-35-37-39-41-43-45-47-49-51-53-55-57-59-61-63-65-67-69-71-73-78(81)83-76(74-79)75-82-77(80)72-70-68-66-64-62-60-58-56-54-52-50-48-46-44-42-40-38-36-34-32-30-28-26-24-22-20-18-16-14-12-10-8-6-4-2/h76,79H,3-75H2,1-2H3. The molecule has 0 saturated carbocycles. The van der Waals surface area contributed by atoms with Gasteiger partial charge in [0, 0.05) is 12.8 Å². The van der Waals surface area contributed by atoms with Gasteiger partial charge in [-0.1, -0.05) is 444 Å². The Morgan fingerprint density at radius 2 is 0.373 bits per heavy atom. The van der Waals surface area contributed by atoms with Gasteiger partial charge < -0.3 is 14.6 Å². The fourth-order valence-corrected chi connectivity index (χ4v) is 12.8. The van der Waals surface area contributed by atoms with E-state index < -0.39 is 6.10 Å². The molecule has 0 saturated heterocycles. The molecule has 0 radical (unpaired) electrons. The van der Waals surface area contributed by atoms with Crippen molar-refractivity contribution < 1.29 is 24.2 Å². The van der Waals surface area contributed by atoms with Crippen LogP contribution in [0.1, 0.15) is 470 Å². The highest BCUT2D eigenvalue weighted by atomic mass is 16.6. The maximum atomic E-state index is 12.4. The van der Waals surface area contributed by atoms with Crippen molar-refractivity contribution in [1.82, 2.24) is 0 Å². The summed E-state index contributed by atoms with van der Waals surface area (Å²) in [6, 6.07) is 0. The third kappa shape index (κ3) is 73.3. The highest BCUT2D eigenvalue weighted by molar-refractivity contribution is 5.70. The smallest absolute Gasteiger partial charge is 0.306 e. The normalized spacial score (nSPS) is 12.0. The van der Waals surface area contributed by atoms with Gasteiger partial charge in [-0.25, -0.2) is 0 Å². The number of carbonyl (C=O) groups excluding carboxylic acids is 2. The molecule has 83 heavy (non-hydrogen) atoms. The molecular formula is C78H154O5. The summed E-state index contributed by atoms with van der Waals surface area (Å²) in [5.41, 5.74) is 0. The zero-order valence-corrected chi connectivity index (χ0v) is 57.3. The highest BCUT2D eigenvalue weighted by Gasteiger charge is 2.16. The van der Waals surface area contributed by atoms with Crippen molar-refractivity contribution in [2.75, 3.05) is 13.2 Å². The van der Waals surface area contributed by atoms with Crippen LogP contribution in [-0.2, 0) is 19.1 Å². The highest BCUT2D eigenvalue weighted by Crippen LogP contribution is 2.21. The Morgan fingerprint density at radius 1 is 0.229 bits per heavy atom. The molecular weight excluding hydrogens is 1020 g/mol. The molecule has 0 aromatic carbocycles. The molecule has 0 rings (SSSR count). The van der Waals surface area contributed by atoms with E-state index in [1.54, 1.807) is 0 Å². The first kappa shape index (κ1) is 81.9. The van der Waals surface area contributed by atoms with Gasteiger partial charge in [-0.05, 0) is 12.8 Å². The van der Waals surface area contributed by atoms with Gasteiger partial charge in [-0.15, -0.1) is 0 Å². The summed E-state index contributed by atoms with van der Waals surface area (Å²) in [6.07, 6.45) is 96.3. The second kappa shape index (κ2) is 75.2. The summed E-state index contributed by atoms with van der Waals surface area (Å²) in [5, 5.41) is 9.72. The van der Waals surface area contributed by atoms with Crippen molar-refractivity contribution in [2.24, 2.45) is 0 Å². The zero-order valence-electron chi connectivity index (χ0n) is 57.3. The number of carbonyl (C=O) groups is 2. The van der Waals surface area contributed by atoms with Crippen LogP contribution in [0.3, 0.4) is 0 Å². The minimum Gasteiger partial charge on any atom is -0.462 e. The van der Waals surface area contributed by atoms with Gasteiger partial charge in [0.15, 0.2) is 6.10 Å². The van der Waals surface area contributed by atoms with Gasteiger partial charge in [-0.3, -0.25) is 9.59 Å². The van der Waals surface area contributed by atoms with E-state index >= 15 is 0 Å². The van der Waals surface area contributed by atoms with Gasteiger partial charge in [0.25, 0.3) is 0 Å². The Balaban J connectivity index is 3.33. The minimum atomic E-state index is -0.766. The molecule has 1 atom stereocenters. The van der Waals surface area contributed by atoms with E-state index in [4.69, 9.17) is 9.47 Å². The molecule has 0 aromatic heterocycles. The van der Waals surface area contributed by atoms with Gasteiger partial charge in [0.2, 0.25) is 0 Å². The van der Waals surface area contributed by atoms with E-state index in [-0.39, 0.29) is 25.2 Å². The number of ether oxygens (including phenoxy) is 2. The number of unbranched alkanes of at least 4 members (excludes halogenated alkanes) is 67. The number of esters is 2. The molecule has 1 N–H and O–H groups in total. The van der Waals surface area contributed by atoms with Crippen molar-refractivity contribution >= 4 is 11.9 Å². The Morgan fingerprint density at radius 3 is 0.530 bits per heavy atom. The average molecular weight is 1170 g/mol. The Kier molecular flexibility index (Phi) is 74.2. The van der Waals surface area contributed by atoms with Gasteiger partial charge in [0.1, 0.15) is 6.61 Å². The first-order chi connectivity index (χ1) is 41.1. The topological polar surface area (TPSA) is 72.8 Å². The fraction of sp³-hybridized carbons (Fsp3) is 0.974. The van der Waals surface area contributed by atoms with E-state index in [0.29, 0.717) is 12.8 Å². The quantitative estimate of drug-likeness (QED) is 0.0485. The summed E-state index contributed by atoms with van der Waals surface area (Å²) in [6.45, 7) is 4.23. The lowest BCUT2D eigenvalue weighted by Crippen LogP contribution is -2.28. The molecule has 496 valence electrons. The van der Waals surface area contributed by atoms with E-state index in [2.05, 4.69) is 13.8 Å². The molecule has 0 aliphatic heterocycles. The number of aliphatic hydroxyl groups is 1. The van der Waals surface area contributed by atoms with Crippen molar-refractivity contribution in [1.29, 1.82) is 0 Å². The maximum Gasteiger partial charge on any atom is 0.306 e. The Hall–Kier alpha value is -1.10. The van der Waals surface area contributed by atoms with Crippen LogP contribution in [0.4, 0.5) is 0 Å². The predicted molar refractivity (Wildman–Crippen MR) is 367 cm³/mol. The van der Waals surface area contributed by atoms with Crippen molar-refractivity contribution in [3.8, 4) is 0 Å². The van der Waals surface area contributed by atoms with Crippen molar-refractivity contribution in [3.05, 3.63) is 0 Å². The summed E-state index contributed by atoms with van der Waals surface area (Å²) < 4.78 is 10.8. The number of aliphatic hydroxyl groups excluding tert-OH is 1. The van der Waals surface area contributed by atoms with Gasteiger partial charge in [-0.2, -0.15) is 0 Å². The molecule has 5 nitrogen and oxygen atoms in total. The fourth-order valence-electron chi connectivity index (χ4n) is 12.8. The van der Waals surface area contributed by atoms with E-state index in [1.165, 1.54) is 411 Å². The summed E-state index contributed by atoms with van der Waals surface area (Å²) in [4.78, 5) is 24.7. The van der Waals surface area contributed by atoms with Gasteiger partial charge >= 0.3 is 11.9 Å². The van der Waals surface area contributed by atoms with Crippen LogP contribution in [0.15, 0.2) is 0 Å². The largest absolute Gasteiger partial charge is 0.462 e. The van der Waals surface area contributed by atoms with E-state index in [1.807, 2.05) is 0 Å². The van der Waals surface area contributed by atoms with Crippen molar-refractivity contribution in [3.63, 3.8) is 0 Å². The first-order valence-corrected chi connectivity index (χ1v) is 39.1. The number of hydrogen-bond acceptors (Lipinski definition) is 5. The summed E-state index contributed by atoms with van der Waals surface area (Å²) in [5.74, 6) is -0.556. The predicted octanol–water partition coefficient (Wildman–Crippen LogP) is 27.2. The number of rotatable bonds is 75.